The molecule has 0 saturated carbocycles. The van der Waals surface area contributed by atoms with E-state index in [4.69, 9.17) is 4.74 Å². The number of aryl methyl sites for hydroxylation is 2. The van der Waals surface area contributed by atoms with E-state index in [1.54, 1.807) is 35.3 Å². The molecule has 3 aromatic rings. The van der Waals surface area contributed by atoms with Crippen LogP contribution in [0.1, 0.15) is 51.1 Å². The summed E-state index contributed by atoms with van der Waals surface area (Å²) in [7, 11) is 1.84. The minimum absolute atomic E-state index is 0.158. The van der Waals surface area contributed by atoms with E-state index >= 15 is 0 Å². The van der Waals surface area contributed by atoms with Crippen LogP contribution in [0, 0.1) is 18.8 Å². The van der Waals surface area contributed by atoms with Gasteiger partial charge in [-0.3, -0.25) is 9.69 Å². The third kappa shape index (κ3) is 6.35. The maximum Gasteiger partial charge on any atom is 0.419 e. The van der Waals surface area contributed by atoms with Gasteiger partial charge in [-0.25, -0.2) is 4.98 Å². The summed E-state index contributed by atoms with van der Waals surface area (Å²) in [5, 5.41) is 0. The van der Waals surface area contributed by atoms with Crippen LogP contribution in [0.25, 0.3) is 0 Å². The standard InChI is InChI=1S/C28H28F3N3O2/c1-20-5-7-23(17-22(20)8-9-24-18-32-19-33(24)2)26(35)16-21-6-10-27(25(15-21)28(29,30)31)36-14-13-34-11-3-4-12-34/h5-7,10,15,17-19H,3-4,11-14,16H2,1-2H3. The molecular weight excluding hydrogens is 467 g/mol. The zero-order valence-electron chi connectivity index (χ0n) is 20.4. The average molecular weight is 496 g/mol. The van der Waals surface area contributed by atoms with Gasteiger partial charge in [-0.2, -0.15) is 13.2 Å². The van der Waals surface area contributed by atoms with Crippen LogP contribution < -0.4 is 4.74 Å². The monoisotopic (exact) mass is 495 g/mol. The molecule has 1 saturated heterocycles. The van der Waals surface area contributed by atoms with Crippen molar-refractivity contribution in [3.05, 3.63) is 82.4 Å². The van der Waals surface area contributed by atoms with Crippen LogP contribution >= 0.6 is 0 Å². The van der Waals surface area contributed by atoms with Crippen molar-refractivity contribution in [2.45, 2.75) is 32.4 Å². The first-order valence-electron chi connectivity index (χ1n) is 11.9. The summed E-state index contributed by atoms with van der Waals surface area (Å²) in [6.07, 6.45) is 0.770. The highest BCUT2D eigenvalue weighted by Gasteiger charge is 2.35. The van der Waals surface area contributed by atoms with Crippen LogP contribution in [0.2, 0.25) is 0 Å². The van der Waals surface area contributed by atoms with E-state index in [1.807, 2.05) is 14.0 Å². The zero-order valence-corrected chi connectivity index (χ0v) is 20.4. The molecule has 0 spiro atoms. The van der Waals surface area contributed by atoms with E-state index in [1.165, 1.54) is 12.1 Å². The Kier molecular flexibility index (Phi) is 7.80. The molecule has 8 heteroatoms. The van der Waals surface area contributed by atoms with Crippen molar-refractivity contribution in [2.75, 3.05) is 26.2 Å². The molecule has 0 amide bonds. The Morgan fingerprint density at radius 1 is 1.11 bits per heavy atom. The second kappa shape index (κ2) is 11.0. The Morgan fingerprint density at radius 2 is 1.89 bits per heavy atom. The summed E-state index contributed by atoms with van der Waals surface area (Å²) in [5.74, 6) is 5.60. The molecule has 5 nitrogen and oxygen atoms in total. The van der Waals surface area contributed by atoms with Gasteiger partial charge in [0.15, 0.2) is 5.78 Å². The van der Waals surface area contributed by atoms with Crippen LogP contribution in [0.4, 0.5) is 13.2 Å². The predicted molar refractivity (Wildman–Crippen MR) is 131 cm³/mol. The topological polar surface area (TPSA) is 47.4 Å². The summed E-state index contributed by atoms with van der Waals surface area (Å²) in [6, 6.07) is 9.00. The molecule has 0 unspecified atom stereocenters. The third-order valence-electron chi connectivity index (χ3n) is 6.28. The van der Waals surface area contributed by atoms with E-state index in [9.17, 15) is 18.0 Å². The molecule has 1 aliphatic heterocycles. The minimum atomic E-state index is -4.58. The number of hydrogen-bond donors (Lipinski definition) is 0. The molecule has 4 rings (SSSR count). The Bertz CT molecular complexity index is 1300. The van der Waals surface area contributed by atoms with Crippen molar-refractivity contribution < 1.29 is 22.7 Å². The Morgan fingerprint density at radius 3 is 2.58 bits per heavy atom. The molecule has 0 aliphatic carbocycles. The lowest BCUT2D eigenvalue weighted by Crippen LogP contribution is -2.25. The van der Waals surface area contributed by atoms with Gasteiger partial charge in [0.2, 0.25) is 0 Å². The summed E-state index contributed by atoms with van der Waals surface area (Å²) in [5.41, 5.74) is 2.13. The number of ether oxygens (including phenoxy) is 1. The first-order valence-corrected chi connectivity index (χ1v) is 11.9. The number of rotatable bonds is 7. The van der Waals surface area contributed by atoms with Crippen LogP contribution in [-0.4, -0.2) is 46.5 Å². The molecule has 0 bridgehead atoms. The average Bonchev–Trinajstić information content (AvgIpc) is 3.50. The number of carbonyl (C=O) groups is 1. The second-order valence-corrected chi connectivity index (χ2v) is 8.99. The van der Waals surface area contributed by atoms with Crippen molar-refractivity contribution in [2.24, 2.45) is 7.05 Å². The molecular formula is C28H28F3N3O2. The number of halogens is 3. The molecule has 0 atom stereocenters. The molecule has 0 radical (unpaired) electrons. The molecule has 2 heterocycles. The van der Waals surface area contributed by atoms with Gasteiger partial charge < -0.3 is 9.30 Å². The lowest BCUT2D eigenvalue weighted by molar-refractivity contribution is -0.139. The third-order valence-corrected chi connectivity index (χ3v) is 6.28. The number of benzene rings is 2. The second-order valence-electron chi connectivity index (χ2n) is 8.99. The minimum Gasteiger partial charge on any atom is -0.492 e. The first kappa shape index (κ1) is 25.5. The van der Waals surface area contributed by atoms with Gasteiger partial charge in [0, 0.05) is 31.1 Å². The van der Waals surface area contributed by atoms with Gasteiger partial charge in [0.1, 0.15) is 18.1 Å². The highest BCUT2D eigenvalue weighted by atomic mass is 19.4. The molecule has 188 valence electrons. The zero-order chi connectivity index (χ0) is 25.7. The maximum atomic E-state index is 13.7. The lowest BCUT2D eigenvalue weighted by Gasteiger charge is -2.18. The fraction of sp³-hybridized carbons (Fsp3) is 0.357. The van der Waals surface area contributed by atoms with Crippen molar-refractivity contribution in [1.82, 2.24) is 14.5 Å². The maximum absolute atomic E-state index is 13.7. The summed E-state index contributed by atoms with van der Waals surface area (Å²) < 4.78 is 48.5. The number of likely N-dealkylation sites (tertiary alicyclic amines) is 1. The quantitative estimate of drug-likeness (QED) is 0.340. The molecule has 0 N–H and O–H groups in total. The van der Waals surface area contributed by atoms with Crippen LogP contribution in [-0.2, 0) is 19.6 Å². The van der Waals surface area contributed by atoms with E-state index < -0.39 is 11.7 Å². The van der Waals surface area contributed by atoms with E-state index in [0.29, 0.717) is 17.7 Å². The SMILES string of the molecule is Cc1ccc(C(=O)Cc2ccc(OCCN3CCCC3)c(C(F)(F)F)c2)cc1C#Cc1cncn1C. The van der Waals surface area contributed by atoms with Crippen LogP contribution in [0.3, 0.4) is 0 Å². The molecule has 1 fully saturated rings. The summed E-state index contributed by atoms with van der Waals surface area (Å²) >= 11 is 0. The number of carbonyl (C=O) groups excluding carboxylic acids is 1. The number of aromatic nitrogens is 2. The number of alkyl halides is 3. The van der Waals surface area contributed by atoms with Crippen molar-refractivity contribution in [3.8, 4) is 17.6 Å². The van der Waals surface area contributed by atoms with E-state index in [-0.39, 0.29) is 30.1 Å². The number of Topliss-reactive ketones (excluding diaryl/α,β-unsaturated/α-hetero) is 1. The van der Waals surface area contributed by atoms with Crippen molar-refractivity contribution in [1.29, 1.82) is 0 Å². The normalized spacial score (nSPS) is 13.9. The highest BCUT2D eigenvalue weighted by Crippen LogP contribution is 2.37. The smallest absolute Gasteiger partial charge is 0.419 e. The number of nitrogens with zero attached hydrogens (tertiary/aromatic N) is 3. The number of imidazole rings is 1. The summed E-state index contributed by atoms with van der Waals surface area (Å²) in [4.78, 5) is 19.2. The van der Waals surface area contributed by atoms with Crippen molar-refractivity contribution >= 4 is 5.78 Å². The Hall–Kier alpha value is -3.57. The van der Waals surface area contributed by atoms with Gasteiger partial charge in [0.25, 0.3) is 0 Å². The highest BCUT2D eigenvalue weighted by molar-refractivity contribution is 5.98. The van der Waals surface area contributed by atoms with Crippen molar-refractivity contribution in [3.63, 3.8) is 0 Å². The largest absolute Gasteiger partial charge is 0.492 e. The van der Waals surface area contributed by atoms with Crippen LogP contribution in [0.15, 0.2) is 48.9 Å². The van der Waals surface area contributed by atoms with E-state index in [0.717, 1.165) is 43.3 Å². The van der Waals surface area contributed by atoms with Gasteiger partial charge >= 0.3 is 6.18 Å². The van der Waals surface area contributed by atoms with Gasteiger partial charge in [-0.1, -0.05) is 24.1 Å². The Labute approximate surface area is 208 Å². The lowest BCUT2D eigenvalue weighted by atomic mass is 9.97. The fourth-order valence-corrected chi connectivity index (χ4v) is 4.15. The predicted octanol–water partition coefficient (Wildman–Crippen LogP) is 5.05. The van der Waals surface area contributed by atoms with Gasteiger partial charge in [-0.15, -0.1) is 0 Å². The van der Waals surface area contributed by atoms with E-state index in [2.05, 4.69) is 21.7 Å². The molecule has 2 aromatic carbocycles. The summed E-state index contributed by atoms with van der Waals surface area (Å²) in [6.45, 7) is 4.57. The molecule has 1 aliphatic rings. The van der Waals surface area contributed by atoms with Gasteiger partial charge in [0.05, 0.1) is 18.1 Å². The molecule has 1 aromatic heterocycles. The van der Waals surface area contributed by atoms with Crippen LogP contribution in [0.5, 0.6) is 5.75 Å². The Balaban J connectivity index is 1.48. The number of hydrogen-bond acceptors (Lipinski definition) is 4. The fourth-order valence-electron chi connectivity index (χ4n) is 4.15. The first-order chi connectivity index (χ1) is 17.2. The molecule has 36 heavy (non-hydrogen) atoms. The number of ketones is 1. The van der Waals surface area contributed by atoms with Gasteiger partial charge in [-0.05, 0) is 68.1 Å².